The maximum atomic E-state index is 11.2. The number of fused-ring (bicyclic) bond motifs is 2. The molecule has 0 fully saturated rings. The standard InChI is InChI=1S/C10H10O2S.C9H7Br/c1-13(11,12)10-6-5-8-3-2-4-9(8)7-10;10-9-5-4-7-2-1-3-8(7)6-9/h2,4-7H,3H2,1H3;1,3-6H,2H2. The minimum absolute atomic E-state index is 0.401. The molecule has 4 heteroatoms. The van der Waals surface area contributed by atoms with Crippen molar-refractivity contribution in [3.8, 4) is 0 Å². The van der Waals surface area contributed by atoms with Crippen LogP contribution in [-0.4, -0.2) is 14.7 Å². The zero-order valence-electron chi connectivity index (χ0n) is 12.8. The Bertz CT molecular complexity index is 909. The molecule has 0 aromatic heterocycles. The predicted octanol–water partition coefficient (Wildman–Crippen LogP) is 4.68. The van der Waals surface area contributed by atoms with Crippen molar-refractivity contribution in [1.82, 2.24) is 0 Å². The van der Waals surface area contributed by atoms with Crippen molar-refractivity contribution in [3.63, 3.8) is 0 Å². The van der Waals surface area contributed by atoms with E-state index in [2.05, 4.69) is 46.3 Å². The summed E-state index contributed by atoms with van der Waals surface area (Å²) in [5.41, 5.74) is 5.02. The highest BCUT2D eigenvalue weighted by Crippen LogP contribution is 2.23. The van der Waals surface area contributed by atoms with E-state index in [9.17, 15) is 8.42 Å². The molecule has 0 atom stereocenters. The van der Waals surface area contributed by atoms with Gasteiger partial charge in [-0.2, -0.15) is 0 Å². The summed E-state index contributed by atoms with van der Waals surface area (Å²) in [6.45, 7) is 0. The first kappa shape index (κ1) is 16.2. The minimum Gasteiger partial charge on any atom is -0.224 e. The molecule has 0 heterocycles. The van der Waals surface area contributed by atoms with Gasteiger partial charge in [-0.1, -0.05) is 52.4 Å². The molecule has 2 aliphatic carbocycles. The quantitative estimate of drug-likeness (QED) is 0.710. The van der Waals surface area contributed by atoms with Crippen LogP contribution in [0.3, 0.4) is 0 Å². The van der Waals surface area contributed by atoms with E-state index in [0.29, 0.717) is 4.90 Å². The molecule has 0 bridgehead atoms. The molecule has 0 spiro atoms. The van der Waals surface area contributed by atoms with Gasteiger partial charge in [0.1, 0.15) is 0 Å². The molecule has 118 valence electrons. The smallest absolute Gasteiger partial charge is 0.175 e. The van der Waals surface area contributed by atoms with Crippen LogP contribution in [0.4, 0.5) is 0 Å². The normalized spacial score (nSPS) is 14.2. The fourth-order valence-electron chi connectivity index (χ4n) is 2.68. The van der Waals surface area contributed by atoms with E-state index in [1.54, 1.807) is 12.1 Å². The molecule has 2 nitrogen and oxygen atoms in total. The summed E-state index contributed by atoms with van der Waals surface area (Å²) in [5.74, 6) is 0. The summed E-state index contributed by atoms with van der Waals surface area (Å²) >= 11 is 3.43. The van der Waals surface area contributed by atoms with Crippen molar-refractivity contribution in [2.75, 3.05) is 6.26 Å². The fraction of sp³-hybridized carbons (Fsp3) is 0.158. The summed E-state index contributed by atoms with van der Waals surface area (Å²) in [6.07, 6.45) is 11.6. The van der Waals surface area contributed by atoms with Crippen LogP contribution in [0.1, 0.15) is 22.3 Å². The third kappa shape index (κ3) is 3.82. The zero-order valence-corrected chi connectivity index (χ0v) is 15.2. The second-order valence-electron chi connectivity index (χ2n) is 5.69. The van der Waals surface area contributed by atoms with Crippen LogP contribution >= 0.6 is 15.9 Å². The van der Waals surface area contributed by atoms with Crippen LogP contribution in [0, 0.1) is 0 Å². The van der Waals surface area contributed by atoms with Crippen molar-refractivity contribution in [1.29, 1.82) is 0 Å². The zero-order chi connectivity index (χ0) is 16.4. The molecule has 0 N–H and O–H groups in total. The van der Waals surface area contributed by atoms with Crippen molar-refractivity contribution < 1.29 is 8.42 Å². The molecule has 0 aliphatic heterocycles. The van der Waals surface area contributed by atoms with Crippen molar-refractivity contribution >= 4 is 37.9 Å². The molecule has 4 rings (SSSR count). The fourth-order valence-corrected chi connectivity index (χ4v) is 3.71. The van der Waals surface area contributed by atoms with Crippen molar-refractivity contribution in [3.05, 3.63) is 75.3 Å². The molecule has 0 unspecified atom stereocenters. The average molecular weight is 389 g/mol. The van der Waals surface area contributed by atoms with Crippen molar-refractivity contribution in [2.45, 2.75) is 17.7 Å². The number of halogens is 1. The van der Waals surface area contributed by atoms with Crippen LogP contribution in [0.15, 0.2) is 57.9 Å². The largest absolute Gasteiger partial charge is 0.224 e. The van der Waals surface area contributed by atoms with Gasteiger partial charge in [-0.15, -0.1) is 0 Å². The summed E-state index contributed by atoms with van der Waals surface area (Å²) in [4.78, 5) is 0.401. The van der Waals surface area contributed by atoms with Crippen LogP contribution in [-0.2, 0) is 22.7 Å². The summed E-state index contributed by atoms with van der Waals surface area (Å²) < 4.78 is 23.6. The SMILES string of the molecule is Brc1ccc2c(c1)C=CC2.CS(=O)(=O)c1ccc2c(c1)C=CC2. The van der Waals surface area contributed by atoms with E-state index < -0.39 is 9.84 Å². The third-order valence-electron chi connectivity index (χ3n) is 3.92. The lowest BCUT2D eigenvalue weighted by molar-refractivity contribution is 0.602. The number of sulfone groups is 1. The monoisotopic (exact) mass is 388 g/mol. The highest BCUT2D eigenvalue weighted by molar-refractivity contribution is 9.10. The van der Waals surface area contributed by atoms with Crippen molar-refractivity contribution in [2.24, 2.45) is 0 Å². The van der Waals surface area contributed by atoms with Crippen LogP contribution in [0.5, 0.6) is 0 Å². The highest BCUT2D eigenvalue weighted by Gasteiger charge is 2.11. The van der Waals surface area contributed by atoms with E-state index in [0.717, 1.165) is 22.9 Å². The third-order valence-corrected chi connectivity index (χ3v) is 5.53. The van der Waals surface area contributed by atoms with Gasteiger partial charge in [-0.25, -0.2) is 8.42 Å². The lowest BCUT2D eigenvalue weighted by Crippen LogP contribution is -1.97. The maximum absolute atomic E-state index is 11.2. The van der Waals surface area contributed by atoms with E-state index in [1.165, 1.54) is 22.9 Å². The second kappa shape index (κ2) is 6.46. The Balaban J connectivity index is 0.000000140. The Morgan fingerprint density at radius 2 is 1.43 bits per heavy atom. The van der Waals surface area contributed by atoms with Crippen LogP contribution in [0.25, 0.3) is 12.2 Å². The van der Waals surface area contributed by atoms with Gasteiger partial charge in [0.25, 0.3) is 0 Å². The molecule has 2 aromatic rings. The second-order valence-corrected chi connectivity index (χ2v) is 8.62. The van der Waals surface area contributed by atoms with Crippen LogP contribution in [0.2, 0.25) is 0 Å². The molecular formula is C19H17BrO2S. The predicted molar refractivity (Wildman–Crippen MR) is 99.2 cm³/mol. The summed E-state index contributed by atoms with van der Waals surface area (Å²) in [5, 5.41) is 0. The van der Waals surface area contributed by atoms with Gasteiger partial charge in [0.2, 0.25) is 0 Å². The first-order valence-corrected chi connectivity index (χ1v) is 10.1. The average Bonchev–Trinajstić information content (AvgIpc) is 3.14. The molecule has 2 aliphatic rings. The number of hydrogen-bond donors (Lipinski definition) is 0. The molecule has 0 radical (unpaired) electrons. The van der Waals surface area contributed by atoms with E-state index in [1.807, 2.05) is 18.2 Å². The molecule has 0 saturated carbocycles. The first-order chi connectivity index (χ1) is 10.9. The molecule has 0 saturated heterocycles. The first-order valence-electron chi connectivity index (χ1n) is 7.38. The van der Waals surface area contributed by atoms with Gasteiger partial charge in [-0.3, -0.25) is 0 Å². The topological polar surface area (TPSA) is 34.1 Å². The van der Waals surface area contributed by atoms with Crippen LogP contribution < -0.4 is 0 Å². The Kier molecular flexibility index (Phi) is 4.55. The van der Waals surface area contributed by atoms with Gasteiger partial charge < -0.3 is 0 Å². The summed E-state index contributed by atoms with van der Waals surface area (Å²) in [7, 11) is -3.06. The summed E-state index contributed by atoms with van der Waals surface area (Å²) in [6, 6.07) is 11.7. The molecule has 23 heavy (non-hydrogen) atoms. The van der Waals surface area contributed by atoms with E-state index in [4.69, 9.17) is 0 Å². The number of benzene rings is 2. The van der Waals surface area contributed by atoms with E-state index >= 15 is 0 Å². The number of rotatable bonds is 1. The Morgan fingerprint density at radius 1 is 0.870 bits per heavy atom. The Labute approximate surface area is 145 Å². The minimum atomic E-state index is -3.06. The lowest BCUT2D eigenvalue weighted by atomic mass is 10.1. The van der Waals surface area contributed by atoms with E-state index in [-0.39, 0.29) is 0 Å². The maximum Gasteiger partial charge on any atom is 0.175 e. The van der Waals surface area contributed by atoms with Gasteiger partial charge in [0, 0.05) is 10.7 Å². The lowest BCUT2D eigenvalue weighted by Gasteiger charge is -2.01. The molecular weight excluding hydrogens is 372 g/mol. The van der Waals surface area contributed by atoms with Gasteiger partial charge >= 0.3 is 0 Å². The highest BCUT2D eigenvalue weighted by atomic mass is 79.9. The number of hydrogen-bond acceptors (Lipinski definition) is 2. The van der Waals surface area contributed by atoms with Gasteiger partial charge in [-0.05, 0) is 59.4 Å². The van der Waals surface area contributed by atoms with Gasteiger partial charge in [0.15, 0.2) is 9.84 Å². The Hall–Kier alpha value is -1.65. The van der Waals surface area contributed by atoms with Gasteiger partial charge in [0.05, 0.1) is 4.90 Å². The Morgan fingerprint density at radius 3 is 2.04 bits per heavy atom. The number of allylic oxidation sites excluding steroid dienone is 2. The molecule has 0 amide bonds. The molecule has 2 aromatic carbocycles.